The number of anilines is 1. The van der Waals surface area contributed by atoms with Crippen molar-refractivity contribution in [2.45, 2.75) is 38.4 Å². The third-order valence-corrected chi connectivity index (χ3v) is 5.12. The minimum absolute atomic E-state index is 0.106. The summed E-state index contributed by atoms with van der Waals surface area (Å²) in [4.78, 5) is 18.8. The maximum Gasteiger partial charge on any atom is 0.391 e. The van der Waals surface area contributed by atoms with Crippen LogP contribution in [0.5, 0.6) is 0 Å². The van der Waals surface area contributed by atoms with Crippen LogP contribution in [0.25, 0.3) is 0 Å². The SMILES string of the molecule is O=C(NCc1ccnc(N2CCOCC2)c1)[C@@H]1CCC[C@@H](C(F)(F)F)C1. The van der Waals surface area contributed by atoms with E-state index in [0.717, 1.165) is 24.5 Å². The summed E-state index contributed by atoms with van der Waals surface area (Å²) in [7, 11) is 0. The number of morpholine rings is 1. The van der Waals surface area contributed by atoms with Gasteiger partial charge in [-0.1, -0.05) is 6.42 Å². The molecule has 1 aliphatic heterocycles. The highest BCUT2D eigenvalue weighted by molar-refractivity contribution is 5.78. The second kappa shape index (κ2) is 8.24. The Morgan fingerprint density at radius 1 is 1.31 bits per heavy atom. The van der Waals surface area contributed by atoms with Crippen molar-refractivity contribution < 1.29 is 22.7 Å². The number of hydrogen-bond acceptors (Lipinski definition) is 4. The molecule has 1 amide bonds. The maximum absolute atomic E-state index is 12.9. The van der Waals surface area contributed by atoms with Gasteiger partial charge in [-0.15, -0.1) is 0 Å². The molecule has 3 rings (SSSR count). The fourth-order valence-electron chi connectivity index (χ4n) is 3.59. The first-order valence-electron chi connectivity index (χ1n) is 9.05. The third-order valence-electron chi connectivity index (χ3n) is 5.12. The van der Waals surface area contributed by atoms with Crippen molar-refractivity contribution in [3.05, 3.63) is 23.9 Å². The molecule has 0 spiro atoms. The lowest BCUT2D eigenvalue weighted by Crippen LogP contribution is -2.37. The number of carbonyl (C=O) groups excluding carboxylic acids is 1. The highest BCUT2D eigenvalue weighted by Gasteiger charge is 2.43. The molecule has 0 aromatic carbocycles. The molecular weight excluding hydrogens is 347 g/mol. The Morgan fingerprint density at radius 2 is 2.08 bits per heavy atom. The lowest BCUT2D eigenvalue weighted by atomic mass is 9.80. The van der Waals surface area contributed by atoms with Crippen molar-refractivity contribution in [2.75, 3.05) is 31.2 Å². The molecule has 2 heterocycles. The van der Waals surface area contributed by atoms with E-state index in [1.165, 1.54) is 0 Å². The van der Waals surface area contributed by atoms with E-state index in [-0.39, 0.29) is 18.7 Å². The Morgan fingerprint density at radius 3 is 2.81 bits per heavy atom. The van der Waals surface area contributed by atoms with E-state index in [1.54, 1.807) is 6.20 Å². The standard InChI is InChI=1S/C18H24F3N3O2/c19-18(20,21)15-3-1-2-14(11-15)17(25)23-12-13-4-5-22-16(10-13)24-6-8-26-9-7-24/h4-5,10,14-15H,1-3,6-9,11-12H2,(H,23,25)/t14-,15-/m1/s1. The summed E-state index contributed by atoms with van der Waals surface area (Å²) >= 11 is 0. The first-order chi connectivity index (χ1) is 12.4. The molecule has 1 aliphatic carbocycles. The smallest absolute Gasteiger partial charge is 0.378 e. The zero-order valence-corrected chi connectivity index (χ0v) is 14.6. The molecule has 8 heteroatoms. The first-order valence-corrected chi connectivity index (χ1v) is 9.05. The Labute approximate surface area is 150 Å². The normalized spacial score (nSPS) is 24.3. The first kappa shape index (κ1) is 18.9. The molecule has 0 radical (unpaired) electrons. The third kappa shape index (κ3) is 4.87. The van der Waals surface area contributed by atoms with Crippen molar-refractivity contribution in [2.24, 2.45) is 11.8 Å². The molecule has 1 aromatic rings. The molecule has 2 atom stereocenters. The molecular formula is C18H24F3N3O2. The lowest BCUT2D eigenvalue weighted by molar-refractivity contribution is -0.186. The molecule has 1 aromatic heterocycles. The highest BCUT2D eigenvalue weighted by Crippen LogP contribution is 2.39. The van der Waals surface area contributed by atoms with Gasteiger partial charge in [0.05, 0.1) is 19.1 Å². The summed E-state index contributed by atoms with van der Waals surface area (Å²) in [5.41, 5.74) is 0.887. The molecule has 1 saturated heterocycles. The summed E-state index contributed by atoms with van der Waals surface area (Å²) in [5.74, 6) is -1.38. The van der Waals surface area contributed by atoms with Gasteiger partial charge < -0.3 is 15.0 Å². The van der Waals surface area contributed by atoms with Gasteiger partial charge in [0.25, 0.3) is 0 Å². The molecule has 0 bridgehead atoms. The van der Waals surface area contributed by atoms with Crippen LogP contribution in [0.4, 0.5) is 19.0 Å². The minimum Gasteiger partial charge on any atom is -0.378 e. The van der Waals surface area contributed by atoms with Gasteiger partial charge in [0, 0.05) is 31.7 Å². The fourth-order valence-corrected chi connectivity index (χ4v) is 3.59. The van der Waals surface area contributed by atoms with E-state index in [2.05, 4.69) is 15.2 Å². The lowest BCUT2D eigenvalue weighted by Gasteiger charge is -2.30. The van der Waals surface area contributed by atoms with Crippen LogP contribution in [0.3, 0.4) is 0 Å². The monoisotopic (exact) mass is 371 g/mol. The number of hydrogen-bond donors (Lipinski definition) is 1. The van der Waals surface area contributed by atoms with Crippen LogP contribution in [0.2, 0.25) is 0 Å². The molecule has 1 saturated carbocycles. The number of amides is 1. The van der Waals surface area contributed by atoms with Crippen LogP contribution in [0, 0.1) is 11.8 Å². The maximum atomic E-state index is 12.9. The average molecular weight is 371 g/mol. The van der Waals surface area contributed by atoms with Crippen LogP contribution >= 0.6 is 0 Å². The van der Waals surface area contributed by atoms with Gasteiger partial charge in [-0.25, -0.2) is 4.98 Å². The second-order valence-corrected chi connectivity index (χ2v) is 6.94. The van der Waals surface area contributed by atoms with E-state index < -0.39 is 18.0 Å². The summed E-state index contributed by atoms with van der Waals surface area (Å²) in [6.45, 7) is 3.15. The van der Waals surface area contributed by atoms with Gasteiger partial charge in [0.2, 0.25) is 5.91 Å². The average Bonchev–Trinajstić information content (AvgIpc) is 2.66. The molecule has 2 fully saturated rings. The van der Waals surface area contributed by atoms with E-state index in [4.69, 9.17) is 4.74 Å². The Kier molecular flexibility index (Phi) is 6.01. The Balaban J connectivity index is 1.54. The van der Waals surface area contributed by atoms with E-state index >= 15 is 0 Å². The zero-order chi connectivity index (χ0) is 18.6. The number of aromatic nitrogens is 1. The predicted molar refractivity (Wildman–Crippen MR) is 90.6 cm³/mol. The van der Waals surface area contributed by atoms with Crippen LogP contribution in [0.1, 0.15) is 31.2 Å². The largest absolute Gasteiger partial charge is 0.391 e. The topological polar surface area (TPSA) is 54.5 Å². The molecule has 1 N–H and O–H groups in total. The summed E-state index contributed by atoms with van der Waals surface area (Å²) in [6, 6.07) is 3.72. The number of pyridine rings is 1. The molecule has 26 heavy (non-hydrogen) atoms. The van der Waals surface area contributed by atoms with Crippen LogP contribution < -0.4 is 10.2 Å². The van der Waals surface area contributed by atoms with Crippen molar-refractivity contribution in [1.82, 2.24) is 10.3 Å². The second-order valence-electron chi connectivity index (χ2n) is 6.94. The van der Waals surface area contributed by atoms with Crippen molar-refractivity contribution in [3.63, 3.8) is 0 Å². The zero-order valence-electron chi connectivity index (χ0n) is 14.6. The summed E-state index contributed by atoms with van der Waals surface area (Å²) in [5, 5.41) is 2.79. The molecule has 0 unspecified atom stereocenters. The number of alkyl halides is 3. The number of nitrogens with zero attached hydrogens (tertiary/aromatic N) is 2. The number of halogens is 3. The Hall–Kier alpha value is -1.83. The van der Waals surface area contributed by atoms with Gasteiger partial charge in [0.1, 0.15) is 5.82 Å². The molecule has 5 nitrogen and oxygen atoms in total. The minimum atomic E-state index is -4.21. The van der Waals surface area contributed by atoms with Gasteiger partial charge in [0.15, 0.2) is 0 Å². The summed E-state index contributed by atoms with van der Waals surface area (Å²) in [6.07, 6.45) is -1.54. The van der Waals surface area contributed by atoms with Crippen LogP contribution in [0.15, 0.2) is 18.3 Å². The quantitative estimate of drug-likeness (QED) is 0.884. The van der Waals surface area contributed by atoms with Gasteiger partial charge in [-0.05, 0) is 37.0 Å². The summed E-state index contributed by atoms with van der Waals surface area (Å²) < 4.78 is 44.0. The van der Waals surface area contributed by atoms with E-state index in [0.29, 0.717) is 32.6 Å². The number of nitrogens with one attached hydrogen (secondary N) is 1. The predicted octanol–water partition coefficient (Wildman–Crippen LogP) is 2.90. The fraction of sp³-hybridized carbons (Fsp3) is 0.667. The van der Waals surface area contributed by atoms with Gasteiger partial charge >= 0.3 is 6.18 Å². The Bertz CT molecular complexity index is 618. The number of carbonyl (C=O) groups is 1. The van der Waals surface area contributed by atoms with E-state index in [1.807, 2.05) is 12.1 Å². The van der Waals surface area contributed by atoms with Crippen molar-refractivity contribution in [3.8, 4) is 0 Å². The van der Waals surface area contributed by atoms with Crippen LogP contribution in [-0.4, -0.2) is 43.4 Å². The van der Waals surface area contributed by atoms with Crippen molar-refractivity contribution >= 4 is 11.7 Å². The van der Waals surface area contributed by atoms with E-state index in [9.17, 15) is 18.0 Å². The highest BCUT2D eigenvalue weighted by atomic mass is 19.4. The van der Waals surface area contributed by atoms with Gasteiger partial charge in [-0.3, -0.25) is 4.79 Å². The molecule has 2 aliphatic rings. The van der Waals surface area contributed by atoms with Crippen molar-refractivity contribution in [1.29, 1.82) is 0 Å². The number of ether oxygens (including phenoxy) is 1. The number of rotatable bonds is 4. The van der Waals surface area contributed by atoms with Gasteiger partial charge in [-0.2, -0.15) is 13.2 Å². The van der Waals surface area contributed by atoms with Crippen LogP contribution in [-0.2, 0) is 16.1 Å². The molecule has 144 valence electrons.